The number of hydrogen-bond acceptors (Lipinski definition) is 2. The Morgan fingerprint density at radius 3 is 1.88 bits per heavy atom. The molecule has 0 saturated carbocycles. The summed E-state index contributed by atoms with van der Waals surface area (Å²) in [5.41, 5.74) is -0.596. The Morgan fingerprint density at radius 2 is 1.53 bits per heavy atom. The molecule has 0 unspecified atom stereocenters. The second-order valence-corrected chi connectivity index (χ2v) is 5.62. The summed E-state index contributed by atoms with van der Waals surface area (Å²) in [4.78, 5) is 12.2. The minimum Gasteiger partial charge on any atom is -0.459 e. The lowest BCUT2D eigenvalue weighted by atomic mass is 9.87. The molecule has 0 spiro atoms. The van der Waals surface area contributed by atoms with Gasteiger partial charge in [-0.3, -0.25) is 4.79 Å². The van der Waals surface area contributed by atoms with Crippen molar-refractivity contribution in [2.45, 2.75) is 85.7 Å². The molecule has 0 aliphatic heterocycles. The van der Waals surface area contributed by atoms with Crippen LogP contribution in [0.2, 0.25) is 0 Å². The summed E-state index contributed by atoms with van der Waals surface area (Å²) in [6.45, 7) is 12.4. The van der Waals surface area contributed by atoms with Crippen LogP contribution in [0.3, 0.4) is 0 Å². The number of carbonyl (C=O) groups excluding carboxylic acids is 1. The van der Waals surface area contributed by atoms with E-state index in [1.165, 1.54) is 0 Å². The van der Waals surface area contributed by atoms with Crippen molar-refractivity contribution in [1.82, 2.24) is 0 Å². The highest BCUT2D eigenvalue weighted by Gasteiger charge is 2.35. The van der Waals surface area contributed by atoms with E-state index in [0.29, 0.717) is 0 Å². The molecule has 0 saturated heterocycles. The molecule has 17 heavy (non-hydrogen) atoms. The molecule has 0 aromatic rings. The lowest BCUT2D eigenvalue weighted by molar-refractivity contribution is -0.172. The van der Waals surface area contributed by atoms with Crippen molar-refractivity contribution in [3.63, 3.8) is 0 Å². The Morgan fingerprint density at radius 1 is 1.00 bits per heavy atom. The van der Waals surface area contributed by atoms with Crippen molar-refractivity contribution < 1.29 is 9.53 Å². The van der Waals surface area contributed by atoms with Crippen molar-refractivity contribution >= 4 is 5.97 Å². The van der Waals surface area contributed by atoms with Crippen LogP contribution in [-0.2, 0) is 9.53 Å². The zero-order valence-corrected chi connectivity index (χ0v) is 12.6. The molecule has 0 N–H and O–H groups in total. The van der Waals surface area contributed by atoms with Crippen molar-refractivity contribution in [3.05, 3.63) is 0 Å². The molecule has 0 amide bonds. The van der Waals surface area contributed by atoms with E-state index in [0.717, 1.165) is 38.5 Å². The van der Waals surface area contributed by atoms with Gasteiger partial charge < -0.3 is 4.74 Å². The molecule has 2 nitrogen and oxygen atoms in total. The lowest BCUT2D eigenvalue weighted by Gasteiger charge is -2.35. The summed E-state index contributed by atoms with van der Waals surface area (Å²) < 4.78 is 5.86. The van der Waals surface area contributed by atoms with Crippen LogP contribution in [0, 0.1) is 5.41 Å². The summed E-state index contributed by atoms with van der Waals surface area (Å²) in [5, 5.41) is 0. The molecule has 0 bridgehead atoms. The van der Waals surface area contributed by atoms with Gasteiger partial charge in [0.25, 0.3) is 0 Å². The third-order valence-corrected chi connectivity index (χ3v) is 4.02. The van der Waals surface area contributed by atoms with E-state index >= 15 is 0 Å². The molecule has 0 aromatic heterocycles. The lowest BCUT2D eigenvalue weighted by Crippen LogP contribution is -2.39. The summed E-state index contributed by atoms with van der Waals surface area (Å²) >= 11 is 0. The summed E-state index contributed by atoms with van der Waals surface area (Å²) in [5.74, 6) is -0.0418. The van der Waals surface area contributed by atoms with Gasteiger partial charge in [0.05, 0.1) is 5.41 Å². The maximum Gasteiger partial charge on any atom is 0.312 e. The third-order valence-electron chi connectivity index (χ3n) is 4.02. The van der Waals surface area contributed by atoms with Crippen molar-refractivity contribution in [2.24, 2.45) is 5.41 Å². The van der Waals surface area contributed by atoms with E-state index in [-0.39, 0.29) is 17.0 Å². The first-order chi connectivity index (χ1) is 7.87. The highest BCUT2D eigenvalue weighted by molar-refractivity contribution is 5.76. The van der Waals surface area contributed by atoms with E-state index in [9.17, 15) is 4.79 Å². The third kappa shape index (κ3) is 4.69. The van der Waals surface area contributed by atoms with E-state index in [1.54, 1.807) is 0 Å². The fourth-order valence-electron chi connectivity index (χ4n) is 1.78. The fourth-order valence-corrected chi connectivity index (χ4v) is 1.78. The average molecular weight is 242 g/mol. The number of carbonyl (C=O) groups is 1. The molecular formula is C15H30O2. The molecule has 0 aromatic carbocycles. The van der Waals surface area contributed by atoms with Crippen LogP contribution in [0.5, 0.6) is 0 Å². The van der Waals surface area contributed by atoms with Gasteiger partial charge in [0.2, 0.25) is 0 Å². The molecule has 0 aliphatic carbocycles. The molecule has 102 valence electrons. The molecule has 0 radical (unpaired) electrons. The van der Waals surface area contributed by atoms with Crippen LogP contribution < -0.4 is 0 Å². The summed E-state index contributed by atoms with van der Waals surface area (Å²) in [7, 11) is 0. The van der Waals surface area contributed by atoms with Crippen molar-refractivity contribution in [1.29, 1.82) is 0 Å². The first-order valence-corrected chi connectivity index (χ1v) is 7.11. The molecule has 0 atom stereocenters. The standard InChI is InChI=1S/C15H30O2/c1-7-11-12-15(9-3,10-4)17-13(16)14(5,6)8-2/h7-12H2,1-6H3. The van der Waals surface area contributed by atoms with E-state index in [4.69, 9.17) is 4.74 Å². The fraction of sp³-hybridized carbons (Fsp3) is 0.933. The largest absolute Gasteiger partial charge is 0.459 e. The molecule has 0 rings (SSSR count). The Hall–Kier alpha value is -0.530. The van der Waals surface area contributed by atoms with Crippen molar-refractivity contribution in [3.8, 4) is 0 Å². The van der Waals surface area contributed by atoms with Gasteiger partial charge in [-0.25, -0.2) is 0 Å². The Balaban J connectivity index is 4.69. The molecule has 2 heteroatoms. The van der Waals surface area contributed by atoms with Crippen LogP contribution in [0.4, 0.5) is 0 Å². The number of ether oxygens (including phenoxy) is 1. The molecular weight excluding hydrogens is 212 g/mol. The van der Waals surface area contributed by atoms with Crippen molar-refractivity contribution in [2.75, 3.05) is 0 Å². The Kier molecular flexibility index (Phi) is 6.81. The van der Waals surface area contributed by atoms with Crippen LogP contribution in [-0.4, -0.2) is 11.6 Å². The zero-order chi connectivity index (χ0) is 13.5. The highest BCUT2D eigenvalue weighted by Crippen LogP contribution is 2.32. The first-order valence-electron chi connectivity index (χ1n) is 7.11. The van der Waals surface area contributed by atoms with E-state index in [2.05, 4.69) is 20.8 Å². The monoisotopic (exact) mass is 242 g/mol. The predicted molar refractivity (Wildman–Crippen MR) is 73.0 cm³/mol. The summed E-state index contributed by atoms with van der Waals surface area (Å²) in [6, 6.07) is 0. The maximum absolute atomic E-state index is 12.2. The number of rotatable bonds is 8. The normalized spacial score (nSPS) is 12.6. The highest BCUT2D eigenvalue weighted by atomic mass is 16.6. The number of hydrogen-bond donors (Lipinski definition) is 0. The van der Waals surface area contributed by atoms with Gasteiger partial charge in [0.15, 0.2) is 0 Å². The smallest absolute Gasteiger partial charge is 0.312 e. The quantitative estimate of drug-likeness (QED) is 0.576. The van der Waals surface area contributed by atoms with Crippen LogP contribution in [0.15, 0.2) is 0 Å². The van der Waals surface area contributed by atoms with Crippen LogP contribution in [0.25, 0.3) is 0 Å². The minimum absolute atomic E-state index is 0.0418. The van der Waals surface area contributed by atoms with Gasteiger partial charge in [-0.15, -0.1) is 0 Å². The van der Waals surface area contributed by atoms with E-state index in [1.807, 2.05) is 20.8 Å². The molecule has 0 heterocycles. The van der Waals surface area contributed by atoms with Crippen LogP contribution in [0.1, 0.15) is 80.1 Å². The maximum atomic E-state index is 12.2. The molecule has 0 fully saturated rings. The second kappa shape index (κ2) is 7.03. The van der Waals surface area contributed by atoms with Gasteiger partial charge in [-0.05, 0) is 46.0 Å². The number of esters is 1. The zero-order valence-electron chi connectivity index (χ0n) is 12.6. The predicted octanol–water partition coefficient (Wildman–Crippen LogP) is 4.71. The van der Waals surface area contributed by atoms with Gasteiger partial charge in [-0.2, -0.15) is 0 Å². The average Bonchev–Trinajstić information content (AvgIpc) is 2.34. The Labute approximate surface area is 107 Å². The van der Waals surface area contributed by atoms with E-state index < -0.39 is 0 Å². The van der Waals surface area contributed by atoms with Gasteiger partial charge in [0, 0.05) is 0 Å². The van der Waals surface area contributed by atoms with Crippen LogP contribution >= 0.6 is 0 Å². The topological polar surface area (TPSA) is 26.3 Å². The summed E-state index contributed by atoms with van der Waals surface area (Å²) in [6.07, 6.45) is 5.91. The van der Waals surface area contributed by atoms with Gasteiger partial charge in [0.1, 0.15) is 5.60 Å². The number of unbranched alkanes of at least 4 members (excludes halogenated alkanes) is 1. The minimum atomic E-state index is -0.359. The molecule has 0 aliphatic rings. The second-order valence-electron chi connectivity index (χ2n) is 5.62. The SMILES string of the molecule is CCCCC(CC)(CC)OC(=O)C(C)(C)CC. The first kappa shape index (κ1) is 16.5. The Bertz CT molecular complexity index is 227. The van der Waals surface area contributed by atoms with Gasteiger partial charge >= 0.3 is 5.97 Å². The van der Waals surface area contributed by atoms with Gasteiger partial charge in [-0.1, -0.05) is 34.1 Å².